The molecule has 5 nitrogen and oxygen atoms in total. The summed E-state index contributed by atoms with van der Waals surface area (Å²) < 4.78 is 2.62. The Morgan fingerprint density at radius 1 is 1.17 bits per heavy atom. The maximum Gasteiger partial charge on any atom is 0.230 e. The summed E-state index contributed by atoms with van der Waals surface area (Å²) in [4.78, 5) is 8.55. The number of likely N-dealkylation sites (tertiary alicyclic amines) is 1. The van der Waals surface area contributed by atoms with E-state index in [1.165, 1.54) is 36.2 Å². The summed E-state index contributed by atoms with van der Waals surface area (Å²) in [5.41, 5.74) is 1.19. The molecule has 1 aliphatic heterocycles. The highest BCUT2D eigenvalue weighted by atomic mass is 79.9. The molecule has 1 saturated heterocycles. The lowest BCUT2D eigenvalue weighted by Gasteiger charge is -2.34. The van der Waals surface area contributed by atoms with Gasteiger partial charge in [-0.1, -0.05) is 45.8 Å². The number of piperidine rings is 1. The zero-order valence-corrected chi connectivity index (χ0v) is 15.8. The van der Waals surface area contributed by atoms with Crippen molar-refractivity contribution in [3.8, 4) is 5.88 Å². The quantitative estimate of drug-likeness (QED) is 0.709. The Kier molecular flexibility index (Phi) is 4.32. The summed E-state index contributed by atoms with van der Waals surface area (Å²) in [6.07, 6.45) is 3.69. The van der Waals surface area contributed by atoms with E-state index in [-0.39, 0.29) is 11.9 Å². The average Bonchev–Trinajstić information content (AvgIpc) is 3.09. The van der Waals surface area contributed by atoms with Crippen molar-refractivity contribution in [3.63, 3.8) is 0 Å². The summed E-state index contributed by atoms with van der Waals surface area (Å²) in [6.45, 7) is 3.94. The molecule has 1 aromatic carbocycles. The van der Waals surface area contributed by atoms with E-state index in [1.807, 2.05) is 6.92 Å². The van der Waals surface area contributed by atoms with Gasteiger partial charge < -0.3 is 5.11 Å². The van der Waals surface area contributed by atoms with Crippen molar-refractivity contribution < 1.29 is 5.11 Å². The Balaban J connectivity index is 1.82. The lowest BCUT2D eigenvalue weighted by atomic mass is 10.0. The van der Waals surface area contributed by atoms with Crippen LogP contribution >= 0.6 is 27.3 Å². The smallest absolute Gasteiger partial charge is 0.230 e. The molecular formula is C17H19BrN4OS. The lowest BCUT2D eigenvalue weighted by Crippen LogP contribution is -2.34. The predicted octanol–water partition coefficient (Wildman–Crippen LogP) is 4.14. The molecule has 3 aromatic rings. The Labute approximate surface area is 153 Å². The summed E-state index contributed by atoms with van der Waals surface area (Å²) in [7, 11) is 0. The van der Waals surface area contributed by atoms with Gasteiger partial charge in [-0.25, -0.2) is 4.98 Å². The number of hydrogen-bond donors (Lipinski definition) is 1. The van der Waals surface area contributed by atoms with Gasteiger partial charge in [0.15, 0.2) is 0 Å². The van der Waals surface area contributed by atoms with Crippen LogP contribution in [0.4, 0.5) is 0 Å². The van der Waals surface area contributed by atoms with Gasteiger partial charge in [0.2, 0.25) is 10.8 Å². The lowest BCUT2D eigenvalue weighted by molar-refractivity contribution is 0.186. The minimum atomic E-state index is 0.0483. The molecule has 0 saturated carbocycles. The fourth-order valence-electron chi connectivity index (χ4n) is 3.38. The molecule has 1 aliphatic rings. The number of nitrogens with zero attached hydrogens (tertiary/aromatic N) is 4. The summed E-state index contributed by atoms with van der Waals surface area (Å²) >= 11 is 5.04. The molecule has 1 atom stereocenters. The first-order valence-electron chi connectivity index (χ1n) is 8.18. The van der Waals surface area contributed by atoms with Gasteiger partial charge in [-0.2, -0.15) is 4.52 Å². The van der Waals surface area contributed by atoms with Crippen molar-refractivity contribution in [2.75, 3.05) is 13.1 Å². The molecule has 0 amide bonds. The molecule has 3 heterocycles. The normalized spacial score (nSPS) is 17.4. The molecule has 0 bridgehead atoms. The first-order valence-corrected chi connectivity index (χ1v) is 9.79. The zero-order chi connectivity index (χ0) is 16.7. The third-order valence-electron chi connectivity index (χ3n) is 4.50. The molecule has 1 fully saturated rings. The Bertz CT molecular complexity index is 851. The van der Waals surface area contributed by atoms with E-state index in [2.05, 4.69) is 55.2 Å². The molecule has 126 valence electrons. The fraction of sp³-hybridized carbons (Fsp3) is 0.412. The number of fused-ring (bicyclic) bond motifs is 1. The van der Waals surface area contributed by atoms with Crippen LogP contribution in [0, 0.1) is 6.92 Å². The standard InChI is InChI=1S/C17H19BrN4OS/c1-11-19-17-22(20-11)16(23)15(24-17)14(21-9-3-2-4-10-21)12-5-7-13(18)8-6-12/h5-8,14,23H,2-4,9-10H2,1H3/t14-/m1/s1. The van der Waals surface area contributed by atoms with Crippen molar-refractivity contribution in [2.24, 2.45) is 0 Å². The van der Waals surface area contributed by atoms with Crippen LogP contribution in [-0.4, -0.2) is 37.7 Å². The van der Waals surface area contributed by atoms with E-state index in [4.69, 9.17) is 0 Å². The molecular weight excluding hydrogens is 388 g/mol. The minimum absolute atomic E-state index is 0.0483. The van der Waals surface area contributed by atoms with Gasteiger partial charge >= 0.3 is 0 Å². The SMILES string of the molecule is Cc1nc2sc([C@@H](c3ccc(Br)cc3)N3CCCCC3)c(O)n2n1. The van der Waals surface area contributed by atoms with E-state index < -0.39 is 0 Å². The van der Waals surface area contributed by atoms with E-state index in [0.717, 1.165) is 27.4 Å². The Morgan fingerprint density at radius 3 is 2.54 bits per heavy atom. The van der Waals surface area contributed by atoms with Crippen LogP contribution in [0.3, 0.4) is 0 Å². The average molecular weight is 407 g/mol. The van der Waals surface area contributed by atoms with Gasteiger partial charge in [0.25, 0.3) is 0 Å². The Morgan fingerprint density at radius 2 is 1.88 bits per heavy atom. The predicted molar refractivity (Wildman–Crippen MR) is 98.7 cm³/mol. The highest BCUT2D eigenvalue weighted by Crippen LogP contribution is 2.41. The number of benzene rings is 1. The maximum absolute atomic E-state index is 10.8. The van der Waals surface area contributed by atoms with Gasteiger partial charge in [0, 0.05) is 4.47 Å². The van der Waals surface area contributed by atoms with Crippen LogP contribution in [0.5, 0.6) is 5.88 Å². The van der Waals surface area contributed by atoms with Crippen molar-refractivity contribution in [1.82, 2.24) is 19.5 Å². The van der Waals surface area contributed by atoms with Crippen LogP contribution < -0.4 is 0 Å². The molecule has 0 radical (unpaired) electrons. The van der Waals surface area contributed by atoms with Crippen LogP contribution in [-0.2, 0) is 0 Å². The second-order valence-electron chi connectivity index (χ2n) is 6.19. The molecule has 7 heteroatoms. The van der Waals surface area contributed by atoms with Crippen molar-refractivity contribution in [3.05, 3.63) is 45.0 Å². The second kappa shape index (κ2) is 6.46. The highest BCUT2D eigenvalue weighted by Gasteiger charge is 2.30. The molecule has 0 unspecified atom stereocenters. The van der Waals surface area contributed by atoms with E-state index in [9.17, 15) is 5.11 Å². The maximum atomic E-state index is 10.8. The molecule has 2 aromatic heterocycles. The second-order valence-corrected chi connectivity index (χ2v) is 8.12. The Hall–Kier alpha value is -1.44. The third-order valence-corrected chi connectivity index (χ3v) is 6.10. The van der Waals surface area contributed by atoms with Crippen molar-refractivity contribution in [1.29, 1.82) is 0 Å². The number of rotatable bonds is 3. The van der Waals surface area contributed by atoms with Crippen LogP contribution in [0.1, 0.15) is 41.6 Å². The molecule has 0 spiro atoms. The first-order chi connectivity index (χ1) is 11.6. The minimum Gasteiger partial charge on any atom is -0.492 e. The van der Waals surface area contributed by atoms with Crippen LogP contribution in [0.2, 0.25) is 0 Å². The topological polar surface area (TPSA) is 53.7 Å². The van der Waals surface area contributed by atoms with Gasteiger partial charge in [-0.05, 0) is 50.6 Å². The van der Waals surface area contributed by atoms with Crippen LogP contribution in [0.15, 0.2) is 28.7 Å². The van der Waals surface area contributed by atoms with Gasteiger partial charge in [0.05, 0.1) is 10.9 Å². The number of thiazole rings is 1. The number of halogens is 1. The fourth-order valence-corrected chi connectivity index (χ4v) is 4.80. The van der Waals surface area contributed by atoms with Crippen LogP contribution in [0.25, 0.3) is 4.96 Å². The number of hydrogen-bond acceptors (Lipinski definition) is 5. The molecule has 0 aliphatic carbocycles. The van der Waals surface area contributed by atoms with E-state index in [0.29, 0.717) is 5.82 Å². The van der Waals surface area contributed by atoms with Gasteiger partial charge in [-0.3, -0.25) is 4.90 Å². The van der Waals surface area contributed by atoms with Crippen molar-refractivity contribution >= 4 is 32.2 Å². The monoisotopic (exact) mass is 406 g/mol. The summed E-state index contributed by atoms with van der Waals surface area (Å²) in [6, 6.07) is 8.43. The number of aromatic hydroxyl groups is 1. The zero-order valence-electron chi connectivity index (χ0n) is 13.4. The van der Waals surface area contributed by atoms with E-state index >= 15 is 0 Å². The van der Waals surface area contributed by atoms with Crippen molar-refractivity contribution in [2.45, 2.75) is 32.2 Å². The van der Waals surface area contributed by atoms with E-state index in [1.54, 1.807) is 4.52 Å². The van der Waals surface area contributed by atoms with Gasteiger partial charge in [0.1, 0.15) is 5.82 Å². The molecule has 1 N–H and O–H groups in total. The largest absolute Gasteiger partial charge is 0.492 e. The molecule has 4 rings (SSSR count). The highest BCUT2D eigenvalue weighted by molar-refractivity contribution is 9.10. The number of aryl methyl sites for hydroxylation is 1. The summed E-state index contributed by atoms with van der Waals surface area (Å²) in [5.74, 6) is 0.898. The third kappa shape index (κ3) is 2.85. The van der Waals surface area contributed by atoms with Gasteiger partial charge in [-0.15, -0.1) is 5.10 Å². The number of aromatic nitrogens is 3. The first kappa shape index (κ1) is 16.1. The summed E-state index contributed by atoms with van der Waals surface area (Å²) in [5, 5.41) is 15.1. The molecule has 24 heavy (non-hydrogen) atoms.